The smallest absolute Gasteiger partial charge is 0.236 e. The molecule has 2 fully saturated rings. The van der Waals surface area contributed by atoms with Gasteiger partial charge in [-0.1, -0.05) is 6.07 Å². The maximum Gasteiger partial charge on any atom is 0.236 e. The van der Waals surface area contributed by atoms with Crippen molar-refractivity contribution in [1.82, 2.24) is 14.8 Å². The van der Waals surface area contributed by atoms with E-state index in [0.29, 0.717) is 12.5 Å². The third kappa shape index (κ3) is 4.58. The van der Waals surface area contributed by atoms with E-state index < -0.39 is 0 Å². The van der Waals surface area contributed by atoms with Crippen molar-refractivity contribution in [3.8, 4) is 11.3 Å². The van der Waals surface area contributed by atoms with Crippen molar-refractivity contribution >= 4 is 5.91 Å². The molecule has 0 saturated carbocycles. The van der Waals surface area contributed by atoms with Gasteiger partial charge in [-0.05, 0) is 75.0 Å². The van der Waals surface area contributed by atoms with Gasteiger partial charge in [0.15, 0.2) is 0 Å². The van der Waals surface area contributed by atoms with Gasteiger partial charge in [0.2, 0.25) is 5.91 Å². The van der Waals surface area contributed by atoms with Gasteiger partial charge in [0, 0.05) is 36.8 Å². The Balaban J connectivity index is 1.42. The van der Waals surface area contributed by atoms with Crippen molar-refractivity contribution in [3.05, 3.63) is 54.0 Å². The van der Waals surface area contributed by atoms with Crippen LogP contribution < -0.4 is 0 Å². The molecular formula is C23H28FN3O. The molecule has 4 rings (SSSR count). The molecule has 1 aromatic heterocycles. The summed E-state index contributed by atoms with van der Waals surface area (Å²) in [7, 11) is 0. The monoisotopic (exact) mass is 381 g/mol. The zero-order chi connectivity index (χ0) is 19.3. The lowest BCUT2D eigenvalue weighted by atomic mass is 9.93. The summed E-state index contributed by atoms with van der Waals surface area (Å²) >= 11 is 0. The minimum atomic E-state index is -0.235. The van der Waals surface area contributed by atoms with Crippen LogP contribution in [0.15, 0.2) is 42.5 Å². The highest BCUT2D eigenvalue weighted by molar-refractivity contribution is 5.78. The van der Waals surface area contributed by atoms with Crippen molar-refractivity contribution in [2.24, 2.45) is 0 Å². The van der Waals surface area contributed by atoms with E-state index in [2.05, 4.69) is 11.0 Å². The van der Waals surface area contributed by atoms with Crippen LogP contribution in [-0.4, -0.2) is 53.4 Å². The molecule has 0 bridgehead atoms. The minimum absolute atomic E-state index is 0.235. The van der Waals surface area contributed by atoms with Gasteiger partial charge in [-0.3, -0.25) is 14.7 Å². The number of benzene rings is 1. The first-order valence-corrected chi connectivity index (χ1v) is 10.4. The molecule has 1 atom stereocenters. The van der Waals surface area contributed by atoms with Crippen LogP contribution in [0.3, 0.4) is 0 Å². The quantitative estimate of drug-likeness (QED) is 0.801. The number of rotatable bonds is 4. The third-order valence-corrected chi connectivity index (χ3v) is 5.90. The number of carbonyl (C=O) groups is 1. The van der Waals surface area contributed by atoms with E-state index >= 15 is 0 Å². The fourth-order valence-corrected chi connectivity index (χ4v) is 4.34. The predicted octanol–water partition coefficient (Wildman–Crippen LogP) is 4.08. The summed E-state index contributed by atoms with van der Waals surface area (Å²) in [5, 5.41) is 0. The molecule has 1 aromatic carbocycles. The Morgan fingerprint density at radius 2 is 1.79 bits per heavy atom. The SMILES string of the molecule is O=C(CN1CCC[C@H](c2cccc(-c3ccc(F)cc3)n2)C1)N1CCCCC1. The summed E-state index contributed by atoms with van der Waals surface area (Å²) in [6.45, 7) is 4.20. The van der Waals surface area contributed by atoms with Gasteiger partial charge < -0.3 is 4.90 Å². The predicted molar refractivity (Wildman–Crippen MR) is 108 cm³/mol. The van der Waals surface area contributed by atoms with Crippen molar-refractivity contribution in [2.45, 2.75) is 38.0 Å². The number of aromatic nitrogens is 1. The van der Waals surface area contributed by atoms with Crippen molar-refractivity contribution < 1.29 is 9.18 Å². The van der Waals surface area contributed by atoms with E-state index in [1.807, 2.05) is 17.0 Å². The molecule has 2 aliphatic rings. The molecule has 5 heteroatoms. The minimum Gasteiger partial charge on any atom is -0.342 e. The molecule has 0 radical (unpaired) electrons. The number of piperidine rings is 2. The van der Waals surface area contributed by atoms with Gasteiger partial charge in [-0.25, -0.2) is 4.39 Å². The number of nitrogens with zero attached hydrogens (tertiary/aromatic N) is 3. The highest BCUT2D eigenvalue weighted by Crippen LogP contribution is 2.28. The van der Waals surface area contributed by atoms with Crippen molar-refractivity contribution in [3.63, 3.8) is 0 Å². The topological polar surface area (TPSA) is 36.4 Å². The fourth-order valence-electron chi connectivity index (χ4n) is 4.34. The van der Waals surface area contributed by atoms with Gasteiger partial charge in [-0.2, -0.15) is 0 Å². The third-order valence-electron chi connectivity index (χ3n) is 5.90. The van der Waals surface area contributed by atoms with Crippen LogP contribution >= 0.6 is 0 Å². The second-order valence-corrected chi connectivity index (χ2v) is 7.97. The Morgan fingerprint density at radius 1 is 1.00 bits per heavy atom. The molecule has 0 aliphatic carbocycles. The average Bonchev–Trinajstić information content (AvgIpc) is 2.75. The average molecular weight is 381 g/mol. The summed E-state index contributed by atoms with van der Waals surface area (Å²) < 4.78 is 13.2. The Labute approximate surface area is 166 Å². The molecule has 0 unspecified atom stereocenters. The summed E-state index contributed by atoms with van der Waals surface area (Å²) in [6.07, 6.45) is 5.68. The Hall–Kier alpha value is -2.27. The number of halogens is 1. The van der Waals surface area contributed by atoms with Crippen LogP contribution in [0, 0.1) is 5.82 Å². The lowest BCUT2D eigenvalue weighted by Crippen LogP contribution is -2.45. The number of likely N-dealkylation sites (tertiary alicyclic amines) is 2. The molecular weight excluding hydrogens is 353 g/mol. The van der Waals surface area contributed by atoms with E-state index in [0.717, 1.165) is 68.8 Å². The molecule has 1 amide bonds. The van der Waals surface area contributed by atoms with Crippen LogP contribution in [0.25, 0.3) is 11.3 Å². The van der Waals surface area contributed by atoms with Gasteiger partial charge in [0.25, 0.3) is 0 Å². The number of amides is 1. The van der Waals surface area contributed by atoms with Crippen LogP contribution in [0.5, 0.6) is 0 Å². The molecule has 28 heavy (non-hydrogen) atoms. The van der Waals surface area contributed by atoms with Crippen LogP contribution in [0.2, 0.25) is 0 Å². The van der Waals surface area contributed by atoms with E-state index in [1.54, 1.807) is 12.1 Å². The standard InChI is InChI=1S/C23H28FN3O/c24-20-11-9-18(10-12-20)21-7-4-8-22(25-21)19-6-5-13-26(16-19)17-23(28)27-14-2-1-3-15-27/h4,7-12,19H,1-3,5-6,13-17H2/t19-/m0/s1. The summed E-state index contributed by atoms with van der Waals surface area (Å²) in [5.41, 5.74) is 2.87. The second kappa shape index (κ2) is 8.82. The molecule has 0 spiro atoms. The van der Waals surface area contributed by atoms with Gasteiger partial charge in [-0.15, -0.1) is 0 Å². The number of carbonyl (C=O) groups excluding carboxylic acids is 1. The first-order chi connectivity index (χ1) is 13.7. The fraction of sp³-hybridized carbons (Fsp3) is 0.478. The van der Waals surface area contributed by atoms with Gasteiger partial charge in [0.1, 0.15) is 5.82 Å². The van der Waals surface area contributed by atoms with Crippen LogP contribution in [0.4, 0.5) is 4.39 Å². The molecule has 2 saturated heterocycles. The molecule has 2 aliphatic heterocycles. The molecule has 0 N–H and O–H groups in total. The Bertz CT molecular complexity index is 802. The largest absolute Gasteiger partial charge is 0.342 e. The second-order valence-electron chi connectivity index (χ2n) is 7.97. The molecule has 4 nitrogen and oxygen atoms in total. The maximum atomic E-state index is 13.2. The molecule has 3 heterocycles. The number of pyridine rings is 1. The Morgan fingerprint density at radius 3 is 2.57 bits per heavy atom. The lowest BCUT2D eigenvalue weighted by molar-refractivity contribution is -0.133. The summed E-state index contributed by atoms with van der Waals surface area (Å²) in [4.78, 5) is 21.8. The summed E-state index contributed by atoms with van der Waals surface area (Å²) in [6, 6.07) is 12.6. The van der Waals surface area contributed by atoms with Crippen molar-refractivity contribution in [2.75, 3.05) is 32.7 Å². The van der Waals surface area contributed by atoms with Crippen LogP contribution in [0.1, 0.15) is 43.7 Å². The highest BCUT2D eigenvalue weighted by Gasteiger charge is 2.26. The maximum absolute atomic E-state index is 13.2. The highest BCUT2D eigenvalue weighted by atomic mass is 19.1. The van der Waals surface area contributed by atoms with Gasteiger partial charge >= 0.3 is 0 Å². The first-order valence-electron chi connectivity index (χ1n) is 10.4. The number of hydrogen-bond acceptors (Lipinski definition) is 3. The lowest BCUT2D eigenvalue weighted by Gasteiger charge is -2.34. The van der Waals surface area contributed by atoms with E-state index in [9.17, 15) is 9.18 Å². The zero-order valence-electron chi connectivity index (χ0n) is 16.3. The molecule has 148 valence electrons. The van der Waals surface area contributed by atoms with Gasteiger partial charge in [0.05, 0.1) is 12.2 Å². The Kier molecular flexibility index (Phi) is 6.01. The van der Waals surface area contributed by atoms with E-state index in [1.165, 1.54) is 18.6 Å². The van der Waals surface area contributed by atoms with E-state index in [4.69, 9.17) is 4.98 Å². The summed E-state index contributed by atoms with van der Waals surface area (Å²) in [5.74, 6) is 0.373. The van der Waals surface area contributed by atoms with E-state index in [-0.39, 0.29) is 11.7 Å². The normalized spacial score (nSPS) is 20.9. The van der Waals surface area contributed by atoms with Crippen LogP contribution in [-0.2, 0) is 4.79 Å². The molecule has 2 aromatic rings. The zero-order valence-corrected chi connectivity index (χ0v) is 16.3. The van der Waals surface area contributed by atoms with Crippen molar-refractivity contribution in [1.29, 1.82) is 0 Å². The number of hydrogen-bond donors (Lipinski definition) is 0. The first kappa shape index (κ1) is 19.1.